The Morgan fingerprint density at radius 3 is 1.65 bits per heavy atom. The molecule has 0 unspecified atom stereocenters. The fraction of sp³-hybridized carbons (Fsp3) is 0.222. The fourth-order valence-electron chi connectivity index (χ4n) is 2.80. The normalized spacial score (nSPS) is 17.4. The lowest BCUT2D eigenvalue weighted by atomic mass is 10.3. The fourth-order valence-corrected chi connectivity index (χ4v) is 8.39. The van der Waals surface area contributed by atoms with Gasteiger partial charge in [-0.05, 0) is 49.6 Å². The molecule has 2 aliphatic heterocycles. The number of allylic oxidation sites excluding steroid dienone is 2. The van der Waals surface area contributed by atoms with Gasteiger partial charge in [0, 0.05) is 26.9 Å². The van der Waals surface area contributed by atoms with E-state index in [0.29, 0.717) is 0 Å². The van der Waals surface area contributed by atoms with Gasteiger partial charge in [-0.2, -0.15) is 0 Å². The van der Waals surface area contributed by atoms with Crippen molar-refractivity contribution in [1.82, 2.24) is 4.57 Å². The average molecular weight is 376 g/mol. The van der Waals surface area contributed by atoms with Crippen LogP contribution in [0, 0.1) is 13.8 Å². The van der Waals surface area contributed by atoms with E-state index in [4.69, 9.17) is 0 Å². The van der Waals surface area contributed by atoms with E-state index in [9.17, 15) is 0 Å². The SMILES string of the molecule is CC1=C(C)SC(=C2Sc3c(c(C)n(-c4ccccc4)c3C)S2)S1. The summed E-state index contributed by atoms with van der Waals surface area (Å²) in [6, 6.07) is 10.7. The van der Waals surface area contributed by atoms with E-state index in [1.165, 1.54) is 45.2 Å². The molecule has 4 rings (SSSR count). The van der Waals surface area contributed by atoms with Gasteiger partial charge in [-0.1, -0.05) is 65.2 Å². The van der Waals surface area contributed by atoms with Crippen LogP contribution in [0.2, 0.25) is 0 Å². The van der Waals surface area contributed by atoms with Gasteiger partial charge >= 0.3 is 0 Å². The van der Waals surface area contributed by atoms with E-state index >= 15 is 0 Å². The Morgan fingerprint density at radius 1 is 0.652 bits per heavy atom. The standard InChI is InChI=1S/C18H17NS4/c1-10-15-16(11(2)19(10)14-8-6-5-7-9-14)23-18(22-15)17-20-12(3)13(4)21-17/h5-9H,1-4H3. The summed E-state index contributed by atoms with van der Waals surface area (Å²) in [7, 11) is 0. The first-order valence-electron chi connectivity index (χ1n) is 7.46. The summed E-state index contributed by atoms with van der Waals surface area (Å²) in [4.78, 5) is 5.75. The quantitative estimate of drug-likeness (QED) is 0.521. The highest BCUT2D eigenvalue weighted by molar-refractivity contribution is 8.32. The molecular weight excluding hydrogens is 358 g/mol. The molecule has 23 heavy (non-hydrogen) atoms. The van der Waals surface area contributed by atoms with Crippen LogP contribution in [0.1, 0.15) is 25.2 Å². The van der Waals surface area contributed by atoms with Crippen molar-refractivity contribution in [2.45, 2.75) is 37.5 Å². The van der Waals surface area contributed by atoms with E-state index in [1.54, 1.807) is 0 Å². The molecule has 118 valence electrons. The lowest BCUT2D eigenvalue weighted by Crippen LogP contribution is -1.99. The molecule has 1 nitrogen and oxygen atoms in total. The predicted molar refractivity (Wildman–Crippen MR) is 108 cm³/mol. The maximum Gasteiger partial charge on any atom is 0.0707 e. The van der Waals surface area contributed by atoms with Crippen molar-refractivity contribution in [3.05, 3.63) is 60.0 Å². The van der Waals surface area contributed by atoms with E-state index in [-0.39, 0.29) is 0 Å². The topological polar surface area (TPSA) is 4.93 Å². The first-order valence-corrected chi connectivity index (χ1v) is 10.7. The molecule has 0 bridgehead atoms. The molecule has 0 saturated heterocycles. The Morgan fingerprint density at radius 2 is 1.13 bits per heavy atom. The van der Waals surface area contributed by atoms with Crippen LogP contribution in [-0.2, 0) is 0 Å². The van der Waals surface area contributed by atoms with Crippen LogP contribution in [0.3, 0.4) is 0 Å². The molecule has 3 heterocycles. The first kappa shape index (κ1) is 15.9. The summed E-state index contributed by atoms with van der Waals surface area (Å²) in [5.74, 6) is 0. The second-order valence-corrected chi connectivity index (χ2v) is 10.6. The Hall–Kier alpha value is -0.620. The molecule has 5 heteroatoms. The molecule has 0 N–H and O–H groups in total. The summed E-state index contributed by atoms with van der Waals surface area (Å²) in [6.07, 6.45) is 0. The molecule has 1 aromatic carbocycles. The van der Waals surface area contributed by atoms with Gasteiger partial charge in [0.15, 0.2) is 0 Å². The summed E-state index contributed by atoms with van der Waals surface area (Å²) in [5.41, 5.74) is 3.96. The zero-order valence-corrected chi connectivity index (χ0v) is 16.7. The largest absolute Gasteiger partial charge is 0.316 e. The molecule has 1 aromatic heterocycles. The highest BCUT2D eigenvalue weighted by atomic mass is 32.2. The van der Waals surface area contributed by atoms with Crippen LogP contribution in [0.5, 0.6) is 0 Å². The van der Waals surface area contributed by atoms with Gasteiger partial charge in [-0.3, -0.25) is 0 Å². The van der Waals surface area contributed by atoms with Gasteiger partial charge in [0.1, 0.15) is 0 Å². The van der Waals surface area contributed by atoms with Crippen LogP contribution >= 0.6 is 47.0 Å². The number of para-hydroxylation sites is 1. The van der Waals surface area contributed by atoms with Crippen molar-refractivity contribution in [3.8, 4) is 5.69 Å². The minimum atomic E-state index is 1.25. The van der Waals surface area contributed by atoms with Gasteiger partial charge in [0.05, 0.1) is 8.47 Å². The van der Waals surface area contributed by atoms with Gasteiger partial charge < -0.3 is 4.57 Å². The number of hydrogen-bond donors (Lipinski definition) is 0. The van der Waals surface area contributed by atoms with Crippen LogP contribution in [0.15, 0.2) is 58.4 Å². The van der Waals surface area contributed by atoms with Crippen molar-refractivity contribution >= 4 is 47.0 Å². The lowest BCUT2D eigenvalue weighted by molar-refractivity contribution is 0.948. The Bertz CT molecular complexity index is 811. The van der Waals surface area contributed by atoms with Gasteiger partial charge in [-0.15, -0.1) is 0 Å². The lowest BCUT2D eigenvalue weighted by Gasteiger charge is -2.11. The molecule has 0 aliphatic carbocycles. The van der Waals surface area contributed by atoms with E-state index in [0.717, 1.165) is 0 Å². The molecule has 2 aromatic rings. The Balaban J connectivity index is 1.73. The van der Waals surface area contributed by atoms with Gasteiger partial charge in [0.25, 0.3) is 0 Å². The number of thioether (sulfide) groups is 4. The number of fused-ring (bicyclic) bond motifs is 1. The van der Waals surface area contributed by atoms with Crippen LogP contribution < -0.4 is 0 Å². The number of nitrogens with zero attached hydrogens (tertiary/aromatic N) is 1. The first-order chi connectivity index (χ1) is 11.1. The number of benzene rings is 1. The second-order valence-electron chi connectivity index (χ2n) is 5.60. The highest BCUT2D eigenvalue weighted by Crippen LogP contribution is 2.62. The van der Waals surface area contributed by atoms with Crippen molar-refractivity contribution in [2.24, 2.45) is 0 Å². The van der Waals surface area contributed by atoms with Gasteiger partial charge in [0.2, 0.25) is 0 Å². The van der Waals surface area contributed by atoms with Crippen molar-refractivity contribution < 1.29 is 0 Å². The third kappa shape index (κ3) is 2.62. The van der Waals surface area contributed by atoms with Crippen molar-refractivity contribution in [1.29, 1.82) is 0 Å². The molecule has 0 radical (unpaired) electrons. The van der Waals surface area contributed by atoms with E-state index in [1.807, 2.05) is 47.0 Å². The molecule has 0 fully saturated rings. The minimum absolute atomic E-state index is 1.25. The Kier molecular flexibility index (Phi) is 4.16. The number of aromatic nitrogens is 1. The average Bonchev–Trinajstić information content (AvgIpc) is 3.18. The summed E-state index contributed by atoms with van der Waals surface area (Å²) >= 11 is 7.76. The molecule has 2 aliphatic rings. The van der Waals surface area contributed by atoms with Crippen molar-refractivity contribution in [2.75, 3.05) is 0 Å². The minimum Gasteiger partial charge on any atom is -0.316 e. The predicted octanol–water partition coefficient (Wildman–Crippen LogP) is 7.15. The molecular formula is C18H17NS4. The zero-order chi connectivity index (χ0) is 16.1. The Labute approximate surface area is 154 Å². The van der Waals surface area contributed by atoms with Gasteiger partial charge in [-0.25, -0.2) is 0 Å². The smallest absolute Gasteiger partial charge is 0.0707 e. The molecule has 0 saturated carbocycles. The number of hydrogen-bond acceptors (Lipinski definition) is 4. The molecule has 0 atom stereocenters. The molecule has 0 amide bonds. The third-order valence-corrected chi connectivity index (χ3v) is 10.1. The van der Waals surface area contributed by atoms with Crippen LogP contribution in [0.4, 0.5) is 0 Å². The summed E-state index contributed by atoms with van der Waals surface area (Å²) < 4.78 is 5.29. The maximum atomic E-state index is 2.38. The summed E-state index contributed by atoms with van der Waals surface area (Å²) in [6.45, 7) is 8.92. The number of rotatable bonds is 1. The van der Waals surface area contributed by atoms with Crippen LogP contribution in [-0.4, -0.2) is 4.57 Å². The van der Waals surface area contributed by atoms with Crippen LogP contribution in [0.25, 0.3) is 5.69 Å². The van der Waals surface area contributed by atoms with Crippen molar-refractivity contribution in [3.63, 3.8) is 0 Å². The zero-order valence-electron chi connectivity index (χ0n) is 13.5. The van der Waals surface area contributed by atoms with E-state index < -0.39 is 0 Å². The summed E-state index contributed by atoms with van der Waals surface area (Å²) in [5, 5.41) is 0. The third-order valence-electron chi connectivity index (χ3n) is 4.09. The maximum absolute atomic E-state index is 2.38. The molecule has 0 spiro atoms. The monoisotopic (exact) mass is 375 g/mol. The van der Waals surface area contributed by atoms with E-state index in [2.05, 4.69) is 62.6 Å². The second kappa shape index (κ2) is 6.03. The highest BCUT2D eigenvalue weighted by Gasteiger charge is 2.31.